The molecule has 0 radical (unpaired) electrons. The van der Waals surface area contributed by atoms with Gasteiger partial charge < -0.3 is 9.84 Å². The molecule has 3 nitrogen and oxygen atoms in total. The van der Waals surface area contributed by atoms with Crippen LogP contribution in [0.1, 0.15) is 22.8 Å². The molecule has 2 rings (SSSR count). The normalized spacial score (nSPS) is 12.2. The van der Waals surface area contributed by atoms with Crippen LogP contribution in [0.4, 0.5) is 4.39 Å². The zero-order valence-electron chi connectivity index (χ0n) is 10.2. The zero-order valence-corrected chi connectivity index (χ0v) is 10.2. The predicted molar refractivity (Wildman–Crippen MR) is 66.0 cm³/mol. The van der Waals surface area contributed by atoms with Gasteiger partial charge in [0.25, 0.3) is 0 Å². The van der Waals surface area contributed by atoms with E-state index in [2.05, 4.69) is 4.98 Å². The summed E-state index contributed by atoms with van der Waals surface area (Å²) in [6.07, 6.45) is 0.732. The van der Waals surface area contributed by atoms with E-state index in [1.54, 1.807) is 31.3 Å². The minimum absolute atomic E-state index is 0.309. The topological polar surface area (TPSA) is 42.4 Å². The highest BCUT2D eigenvalue weighted by atomic mass is 19.1. The Morgan fingerprint density at radius 2 is 2.06 bits per heavy atom. The van der Waals surface area contributed by atoms with E-state index < -0.39 is 6.10 Å². The molecule has 1 atom stereocenters. The van der Waals surface area contributed by atoms with Crippen LogP contribution in [0.15, 0.2) is 36.5 Å². The average molecular weight is 247 g/mol. The molecule has 2 aromatic rings. The fourth-order valence-electron chi connectivity index (χ4n) is 1.80. The molecule has 94 valence electrons. The highest BCUT2D eigenvalue weighted by molar-refractivity contribution is 5.35. The van der Waals surface area contributed by atoms with Crippen LogP contribution in [-0.4, -0.2) is 17.2 Å². The molecule has 0 fully saturated rings. The van der Waals surface area contributed by atoms with Crippen LogP contribution in [0.2, 0.25) is 0 Å². The van der Waals surface area contributed by atoms with Gasteiger partial charge in [-0.3, -0.25) is 0 Å². The monoisotopic (exact) mass is 247 g/mol. The molecule has 1 aromatic heterocycles. The molecule has 0 bridgehead atoms. The maximum Gasteiger partial charge on any atom is 0.212 e. The third-order valence-electron chi connectivity index (χ3n) is 2.81. The van der Waals surface area contributed by atoms with Crippen molar-refractivity contribution in [2.24, 2.45) is 0 Å². The van der Waals surface area contributed by atoms with Crippen LogP contribution >= 0.6 is 0 Å². The first-order chi connectivity index (χ1) is 8.61. The number of pyridine rings is 1. The Morgan fingerprint density at radius 1 is 1.28 bits per heavy atom. The molecule has 4 heteroatoms. The number of aliphatic hydroxyl groups excluding tert-OH is 1. The molecule has 1 heterocycles. The van der Waals surface area contributed by atoms with Crippen molar-refractivity contribution in [2.75, 3.05) is 7.11 Å². The quantitative estimate of drug-likeness (QED) is 0.906. The number of benzene rings is 1. The van der Waals surface area contributed by atoms with E-state index in [0.717, 1.165) is 0 Å². The summed E-state index contributed by atoms with van der Waals surface area (Å²) in [4.78, 5) is 4.03. The Labute approximate surface area is 105 Å². The first-order valence-corrected chi connectivity index (χ1v) is 5.56. The van der Waals surface area contributed by atoms with Crippen LogP contribution < -0.4 is 4.74 Å². The van der Waals surface area contributed by atoms with Crippen molar-refractivity contribution < 1.29 is 14.2 Å². The molecule has 18 heavy (non-hydrogen) atoms. The summed E-state index contributed by atoms with van der Waals surface area (Å²) in [5.74, 6) is 0.179. The van der Waals surface area contributed by atoms with Crippen molar-refractivity contribution in [3.8, 4) is 5.88 Å². The van der Waals surface area contributed by atoms with Gasteiger partial charge in [0, 0.05) is 17.8 Å². The number of hydrogen-bond acceptors (Lipinski definition) is 3. The SMILES string of the molecule is COc1ccc(C(O)c2ccc(F)cc2C)cn1. The Morgan fingerprint density at radius 3 is 2.61 bits per heavy atom. The molecule has 0 saturated heterocycles. The maximum atomic E-state index is 13.0. The molecule has 0 aliphatic carbocycles. The highest BCUT2D eigenvalue weighted by Gasteiger charge is 2.13. The summed E-state index contributed by atoms with van der Waals surface area (Å²) in [7, 11) is 1.53. The van der Waals surface area contributed by atoms with Gasteiger partial charge >= 0.3 is 0 Å². The number of rotatable bonds is 3. The lowest BCUT2D eigenvalue weighted by molar-refractivity contribution is 0.218. The van der Waals surface area contributed by atoms with E-state index in [9.17, 15) is 9.50 Å². The number of ether oxygens (including phenoxy) is 1. The summed E-state index contributed by atoms with van der Waals surface area (Å²) >= 11 is 0. The third-order valence-corrected chi connectivity index (χ3v) is 2.81. The number of halogens is 1. The summed E-state index contributed by atoms with van der Waals surface area (Å²) in [5.41, 5.74) is 2.02. The van der Waals surface area contributed by atoms with Crippen molar-refractivity contribution in [3.05, 3.63) is 59.0 Å². The van der Waals surface area contributed by atoms with Crippen molar-refractivity contribution in [1.29, 1.82) is 0 Å². The van der Waals surface area contributed by atoms with Crippen LogP contribution in [0, 0.1) is 12.7 Å². The van der Waals surface area contributed by atoms with E-state index >= 15 is 0 Å². The third kappa shape index (κ3) is 2.49. The second-order valence-electron chi connectivity index (χ2n) is 4.04. The Balaban J connectivity index is 2.31. The second-order valence-corrected chi connectivity index (χ2v) is 4.04. The number of aromatic nitrogens is 1. The van der Waals surface area contributed by atoms with E-state index in [1.807, 2.05) is 0 Å². The van der Waals surface area contributed by atoms with E-state index in [-0.39, 0.29) is 5.82 Å². The van der Waals surface area contributed by atoms with Gasteiger partial charge in [0.15, 0.2) is 0 Å². The molecular weight excluding hydrogens is 233 g/mol. The van der Waals surface area contributed by atoms with Gasteiger partial charge in [0.05, 0.1) is 7.11 Å². The van der Waals surface area contributed by atoms with Crippen LogP contribution in [0.3, 0.4) is 0 Å². The molecule has 0 spiro atoms. The molecule has 0 aliphatic rings. The van der Waals surface area contributed by atoms with Gasteiger partial charge in [-0.2, -0.15) is 0 Å². The minimum Gasteiger partial charge on any atom is -0.481 e. The molecule has 0 amide bonds. The van der Waals surface area contributed by atoms with Gasteiger partial charge in [0.2, 0.25) is 5.88 Å². The van der Waals surface area contributed by atoms with Crippen molar-refractivity contribution in [2.45, 2.75) is 13.0 Å². The van der Waals surface area contributed by atoms with Crippen molar-refractivity contribution in [1.82, 2.24) is 4.98 Å². The smallest absolute Gasteiger partial charge is 0.212 e. The van der Waals surface area contributed by atoms with Crippen LogP contribution in [0.25, 0.3) is 0 Å². The number of hydrogen-bond donors (Lipinski definition) is 1. The fraction of sp³-hybridized carbons (Fsp3) is 0.214. The van der Waals surface area contributed by atoms with E-state index in [0.29, 0.717) is 22.6 Å². The summed E-state index contributed by atoms with van der Waals surface area (Å²) in [6.45, 7) is 1.76. The zero-order chi connectivity index (χ0) is 13.1. The predicted octanol–water partition coefficient (Wildman–Crippen LogP) is 2.62. The largest absolute Gasteiger partial charge is 0.481 e. The van der Waals surface area contributed by atoms with Crippen molar-refractivity contribution in [3.63, 3.8) is 0 Å². The summed E-state index contributed by atoms with van der Waals surface area (Å²) in [5, 5.41) is 10.2. The number of methoxy groups -OCH3 is 1. The molecule has 0 aliphatic heterocycles. The van der Waals surface area contributed by atoms with Gasteiger partial charge in [-0.25, -0.2) is 9.37 Å². The van der Waals surface area contributed by atoms with Crippen LogP contribution in [-0.2, 0) is 0 Å². The van der Waals surface area contributed by atoms with Gasteiger partial charge in [0.1, 0.15) is 11.9 Å². The molecular formula is C14H14FNO2. The Hall–Kier alpha value is -1.94. The van der Waals surface area contributed by atoms with Crippen molar-refractivity contribution >= 4 is 0 Å². The second kappa shape index (κ2) is 5.14. The Kier molecular flexibility index (Phi) is 3.58. The maximum absolute atomic E-state index is 13.0. The lowest BCUT2D eigenvalue weighted by Gasteiger charge is -2.14. The standard InChI is InChI=1S/C14H14FNO2/c1-9-7-11(15)4-5-12(9)14(17)10-3-6-13(18-2)16-8-10/h3-8,14,17H,1-2H3. The number of nitrogens with zero attached hydrogens (tertiary/aromatic N) is 1. The molecule has 1 aromatic carbocycles. The Bertz CT molecular complexity index is 540. The lowest BCUT2D eigenvalue weighted by Crippen LogP contribution is -2.03. The van der Waals surface area contributed by atoms with Gasteiger partial charge in [-0.05, 0) is 36.2 Å². The van der Waals surface area contributed by atoms with Gasteiger partial charge in [-0.1, -0.05) is 6.07 Å². The van der Waals surface area contributed by atoms with E-state index in [4.69, 9.17) is 4.74 Å². The minimum atomic E-state index is -0.816. The van der Waals surface area contributed by atoms with E-state index in [1.165, 1.54) is 19.2 Å². The summed E-state index contributed by atoms with van der Waals surface area (Å²) in [6, 6.07) is 7.73. The van der Waals surface area contributed by atoms with Crippen LogP contribution in [0.5, 0.6) is 5.88 Å². The van der Waals surface area contributed by atoms with Gasteiger partial charge in [-0.15, -0.1) is 0 Å². The number of aryl methyl sites for hydroxylation is 1. The lowest BCUT2D eigenvalue weighted by atomic mass is 9.98. The molecule has 1 unspecified atom stereocenters. The fourth-order valence-corrected chi connectivity index (χ4v) is 1.80. The average Bonchev–Trinajstić information content (AvgIpc) is 2.38. The first-order valence-electron chi connectivity index (χ1n) is 5.56. The molecule has 0 saturated carbocycles. The first kappa shape index (κ1) is 12.5. The number of aliphatic hydroxyl groups is 1. The molecule has 1 N–H and O–H groups in total. The summed E-state index contributed by atoms with van der Waals surface area (Å²) < 4.78 is 18.0. The highest BCUT2D eigenvalue weighted by Crippen LogP contribution is 2.25.